The van der Waals surface area contributed by atoms with Crippen molar-refractivity contribution in [3.05, 3.63) is 53.1 Å². The monoisotopic (exact) mass is 541 g/mol. The van der Waals surface area contributed by atoms with E-state index in [1.165, 1.54) is 53.1 Å². The Kier molecular flexibility index (Phi) is 11.9. The second-order valence-corrected chi connectivity index (χ2v) is 12.1. The molecule has 0 bridgehead atoms. The fourth-order valence-corrected chi connectivity index (χ4v) is 6.15. The van der Waals surface area contributed by atoms with E-state index >= 15 is 0 Å². The van der Waals surface area contributed by atoms with Gasteiger partial charge < -0.3 is 25.6 Å². The number of allylic oxidation sites excluding steroid dienone is 1. The van der Waals surface area contributed by atoms with E-state index in [1.54, 1.807) is 7.11 Å². The zero-order valence-corrected chi connectivity index (χ0v) is 23.6. The summed E-state index contributed by atoms with van der Waals surface area (Å²) in [6.45, 7) is 4.71. The normalized spacial score (nSPS) is 18.5. The van der Waals surface area contributed by atoms with Crippen LogP contribution in [0.4, 0.5) is 11.4 Å². The van der Waals surface area contributed by atoms with Gasteiger partial charge in [-0.1, -0.05) is 29.8 Å². The minimum atomic E-state index is -0.779. The standard InChI is InChI=1S/C29H39N3O3S2/c1-21(17-26-22(2)8-5-9-27(26)32-23-12-15-37(4)16-13-23)7-6-14-30-28-11-10-25(18-29(28)35-3)36-31-19-24(34)20-33/h5,8-11,17-18,23-24,30-34H,4,12-16,19-20H2,1-3H3/b21-17+. The van der Waals surface area contributed by atoms with Crippen LogP contribution in [-0.4, -0.2) is 66.5 Å². The fourth-order valence-electron chi connectivity index (χ4n) is 3.97. The van der Waals surface area contributed by atoms with Gasteiger partial charge in [0, 0.05) is 28.7 Å². The van der Waals surface area contributed by atoms with Crippen molar-refractivity contribution in [1.82, 2.24) is 4.72 Å². The van der Waals surface area contributed by atoms with Crippen LogP contribution in [0.1, 0.15) is 30.9 Å². The third kappa shape index (κ3) is 9.44. The van der Waals surface area contributed by atoms with Gasteiger partial charge in [0.25, 0.3) is 0 Å². The van der Waals surface area contributed by atoms with Crippen LogP contribution in [0.3, 0.4) is 0 Å². The molecule has 0 radical (unpaired) electrons. The van der Waals surface area contributed by atoms with Crippen LogP contribution < -0.4 is 20.1 Å². The number of rotatable bonds is 11. The molecule has 200 valence electrons. The van der Waals surface area contributed by atoms with Crippen molar-refractivity contribution >= 4 is 45.8 Å². The Morgan fingerprint density at radius 2 is 2.05 bits per heavy atom. The second kappa shape index (κ2) is 15.1. The van der Waals surface area contributed by atoms with Crippen molar-refractivity contribution in [2.75, 3.05) is 48.9 Å². The van der Waals surface area contributed by atoms with Crippen molar-refractivity contribution in [1.29, 1.82) is 0 Å². The SMILES string of the molecule is C=S1CCC(Nc2cccc(C)c2/C=C(\C)C#CCNc2ccc(SNCC(O)CO)cc2OC)CC1. The van der Waals surface area contributed by atoms with E-state index in [0.29, 0.717) is 35.4 Å². The predicted octanol–water partition coefficient (Wildman–Crippen LogP) is 4.75. The minimum absolute atomic E-state index is 0.267. The molecule has 1 fully saturated rings. The molecule has 0 spiro atoms. The second-order valence-electron chi connectivity index (χ2n) is 9.11. The van der Waals surface area contributed by atoms with Crippen LogP contribution in [0.2, 0.25) is 0 Å². The summed E-state index contributed by atoms with van der Waals surface area (Å²) in [6, 6.07) is 12.8. The summed E-state index contributed by atoms with van der Waals surface area (Å²) in [6.07, 6.45) is 3.76. The summed E-state index contributed by atoms with van der Waals surface area (Å²) in [5, 5.41) is 25.4. The first kappa shape index (κ1) is 29.2. The molecule has 0 saturated carbocycles. The van der Waals surface area contributed by atoms with Gasteiger partial charge in [0.1, 0.15) is 5.75 Å². The number of hydrogen-bond donors (Lipinski definition) is 5. The van der Waals surface area contributed by atoms with Crippen LogP contribution >= 0.6 is 22.4 Å². The number of ether oxygens (including phenoxy) is 1. The van der Waals surface area contributed by atoms with Crippen LogP contribution in [0.5, 0.6) is 5.75 Å². The van der Waals surface area contributed by atoms with E-state index in [-0.39, 0.29) is 6.61 Å². The van der Waals surface area contributed by atoms with E-state index in [0.717, 1.165) is 16.2 Å². The largest absolute Gasteiger partial charge is 0.495 e. The van der Waals surface area contributed by atoms with Gasteiger partial charge in [0.15, 0.2) is 0 Å². The lowest BCUT2D eigenvalue weighted by Gasteiger charge is -2.27. The average molecular weight is 542 g/mol. The number of hydrogen-bond acceptors (Lipinski definition) is 7. The van der Waals surface area contributed by atoms with Crippen LogP contribution in [0.25, 0.3) is 6.08 Å². The first-order chi connectivity index (χ1) is 17.9. The highest BCUT2D eigenvalue weighted by Gasteiger charge is 2.16. The Morgan fingerprint density at radius 3 is 2.78 bits per heavy atom. The molecule has 5 N–H and O–H groups in total. The smallest absolute Gasteiger partial charge is 0.143 e. The van der Waals surface area contributed by atoms with Gasteiger partial charge in [0.05, 0.1) is 32.1 Å². The molecule has 3 rings (SSSR count). The molecule has 0 amide bonds. The first-order valence-electron chi connectivity index (χ1n) is 12.5. The number of anilines is 2. The number of aliphatic hydroxyl groups excluding tert-OH is 2. The van der Waals surface area contributed by atoms with Crippen molar-refractivity contribution in [2.45, 2.75) is 43.7 Å². The lowest BCUT2D eigenvalue weighted by Crippen LogP contribution is -2.25. The topological polar surface area (TPSA) is 85.8 Å². The maximum Gasteiger partial charge on any atom is 0.143 e. The van der Waals surface area contributed by atoms with E-state index in [4.69, 9.17) is 9.84 Å². The van der Waals surface area contributed by atoms with Gasteiger partial charge >= 0.3 is 0 Å². The van der Waals surface area contributed by atoms with Crippen molar-refractivity contribution in [3.63, 3.8) is 0 Å². The maximum atomic E-state index is 9.44. The highest BCUT2D eigenvalue weighted by atomic mass is 32.2. The molecule has 8 heteroatoms. The van der Waals surface area contributed by atoms with Crippen molar-refractivity contribution in [2.24, 2.45) is 0 Å². The van der Waals surface area contributed by atoms with Crippen LogP contribution in [0.15, 0.2) is 46.9 Å². The van der Waals surface area contributed by atoms with E-state index in [9.17, 15) is 5.11 Å². The molecule has 2 aromatic carbocycles. The molecule has 1 heterocycles. The van der Waals surface area contributed by atoms with Crippen LogP contribution in [-0.2, 0) is 0 Å². The third-order valence-corrected chi connectivity index (χ3v) is 8.53. The van der Waals surface area contributed by atoms with Gasteiger partial charge in [-0.05, 0) is 91.6 Å². The van der Waals surface area contributed by atoms with E-state index in [1.807, 2.05) is 25.1 Å². The summed E-state index contributed by atoms with van der Waals surface area (Å²) in [5.41, 5.74) is 5.49. The van der Waals surface area contributed by atoms with E-state index < -0.39 is 6.10 Å². The fraction of sp³-hybridized carbons (Fsp3) is 0.414. The summed E-state index contributed by atoms with van der Waals surface area (Å²) in [4.78, 5) is 0.944. The zero-order valence-electron chi connectivity index (χ0n) is 22.0. The molecular formula is C29H39N3O3S2. The van der Waals surface area contributed by atoms with Crippen LogP contribution in [0, 0.1) is 18.8 Å². The van der Waals surface area contributed by atoms with E-state index in [2.05, 4.69) is 64.3 Å². The van der Waals surface area contributed by atoms with Gasteiger partial charge in [-0.25, -0.2) is 0 Å². The Labute approximate surface area is 228 Å². The minimum Gasteiger partial charge on any atom is -0.495 e. The highest BCUT2D eigenvalue weighted by molar-refractivity contribution is 8.14. The van der Waals surface area contributed by atoms with Gasteiger partial charge in [-0.2, -0.15) is 10.5 Å². The van der Waals surface area contributed by atoms with Crippen molar-refractivity contribution in [3.8, 4) is 17.6 Å². The number of aryl methyl sites for hydroxylation is 1. The molecule has 1 atom stereocenters. The first-order valence-corrected chi connectivity index (χ1v) is 15.1. The Balaban J connectivity index is 1.59. The number of methoxy groups -OCH3 is 1. The van der Waals surface area contributed by atoms with Gasteiger partial charge in [-0.3, -0.25) is 4.72 Å². The predicted molar refractivity (Wildman–Crippen MR) is 162 cm³/mol. The van der Waals surface area contributed by atoms with Crippen molar-refractivity contribution < 1.29 is 14.9 Å². The lowest BCUT2D eigenvalue weighted by molar-refractivity contribution is 0.0994. The molecule has 6 nitrogen and oxygen atoms in total. The Morgan fingerprint density at radius 1 is 1.27 bits per heavy atom. The molecular weight excluding hydrogens is 502 g/mol. The number of aliphatic hydroxyl groups is 2. The zero-order chi connectivity index (χ0) is 26.6. The molecule has 37 heavy (non-hydrogen) atoms. The lowest BCUT2D eigenvalue weighted by atomic mass is 10.0. The molecule has 1 aliphatic rings. The molecule has 0 aliphatic carbocycles. The number of nitrogens with one attached hydrogen (secondary N) is 3. The Bertz CT molecular complexity index is 1150. The quantitative estimate of drug-likeness (QED) is 0.160. The molecule has 1 aliphatic heterocycles. The summed E-state index contributed by atoms with van der Waals surface area (Å²) in [7, 11) is 1.97. The summed E-state index contributed by atoms with van der Waals surface area (Å²) < 4.78 is 8.56. The Hall–Kier alpha value is -2.41. The van der Waals surface area contributed by atoms with Gasteiger partial charge in [-0.15, -0.1) is 0 Å². The average Bonchev–Trinajstić information content (AvgIpc) is 2.90. The maximum absolute atomic E-state index is 9.44. The number of benzene rings is 2. The molecule has 1 saturated heterocycles. The molecule has 2 aromatic rings. The highest BCUT2D eigenvalue weighted by Crippen LogP contribution is 2.30. The third-order valence-electron chi connectivity index (χ3n) is 6.10. The molecule has 1 unspecified atom stereocenters. The molecule has 0 aromatic heterocycles. The summed E-state index contributed by atoms with van der Waals surface area (Å²) >= 11 is 1.38. The summed E-state index contributed by atoms with van der Waals surface area (Å²) in [5.74, 6) is 13.9. The van der Waals surface area contributed by atoms with Gasteiger partial charge in [0.2, 0.25) is 0 Å².